The Labute approximate surface area is 108 Å². The number of hydrogen-bond acceptors (Lipinski definition) is 2. The minimum absolute atomic E-state index is 0.0521. The second-order valence-corrected chi connectivity index (χ2v) is 6.22. The molecule has 0 aromatic rings. The van der Waals surface area contributed by atoms with Crippen molar-refractivity contribution in [2.24, 2.45) is 11.8 Å². The van der Waals surface area contributed by atoms with Gasteiger partial charge in [0.15, 0.2) is 0 Å². The van der Waals surface area contributed by atoms with Gasteiger partial charge in [-0.3, -0.25) is 0 Å². The molecule has 2 atom stereocenters. The summed E-state index contributed by atoms with van der Waals surface area (Å²) < 4.78 is 5.54. The van der Waals surface area contributed by atoms with E-state index in [1.807, 2.05) is 7.11 Å². The maximum atomic E-state index is 5.54. The number of hydrogen-bond donors (Lipinski definition) is 1. The van der Waals surface area contributed by atoms with Gasteiger partial charge in [0.1, 0.15) is 0 Å². The lowest BCUT2D eigenvalue weighted by Crippen LogP contribution is -2.28. The third kappa shape index (κ3) is 5.39. The first-order valence-electron chi connectivity index (χ1n) is 7.29. The van der Waals surface area contributed by atoms with Crippen molar-refractivity contribution in [2.45, 2.75) is 64.4 Å². The van der Waals surface area contributed by atoms with Crippen LogP contribution < -0.4 is 5.32 Å². The third-order valence-electron chi connectivity index (χ3n) is 4.45. The van der Waals surface area contributed by atoms with Gasteiger partial charge in [0.2, 0.25) is 0 Å². The molecule has 17 heavy (non-hydrogen) atoms. The average Bonchev–Trinajstić information content (AvgIpc) is 2.53. The molecule has 1 saturated carbocycles. The predicted molar refractivity (Wildman–Crippen MR) is 74.3 cm³/mol. The molecule has 1 aliphatic carbocycles. The van der Waals surface area contributed by atoms with Crippen molar-refractivity contribution >= 4 is 0 Å². The Hall–Kier alpha value is -0.0800. The normalized spacial score (nSPS) is 26.8. The average molecular weight is 241 g/mol. The van der Waals surface area contributed by atoms with Crippen LogP contribution in [0, 0.1) is 11.8 Å². The Balaban J connectivity index is 2.45. The fraction of sp³-hybridized carbons (Fsp3) is 1.00. The van der Waals surface area contributed by atoms with Crippen molar-refractivity contribution in [1.82, 2.24) is 5.32 Å². The van der Waals surface area contributed by atoms with Gasteiger partial charge in [-0.1, -0.05) is 25.7 Å². The topological polar surface area (TPSA) is 21.3 Å². The smallest absolute Gasteiger partial charge is 0.0622 e. The molecule has 0 aromatic carbocycles. The summed E-state index contributed by atoms with van der Waals surface area (Å²) in [6.45, 7) is 5.60. The lowest BCUT2D eigenvalue weighted by Gasteiger charge is -2.29. The van der Waals surface area contributed by atoms with Crippen LogP contribution in [0.4, 0.5) is 0 Å². The summed E-state index contributed by atoms with van der Waals surface area (Å²) in [5.41, 5.74) is 0.0521. The third-order valence-corrected chi connectivity index (χ3v) is 4.45. The van der Waals surface area contributed by atoms with Crippen LogP contribution in [0.2, 0.25) is 0 Å². The van der Waals surface area contributed by atoms with Gasteiger partial charge in [-0.15, -0.1) is 0 Å². The van der Waals surface area contributed by atoms with Gasteiger partial charge in [-0.2, -0.15) is 0 Å². The van der Waals surface area contributed by atoms with Gasteiger partial charge in [0, 0.05) is 7.11 Å². The molecule has 2 heteroatoms. The van der Waals surface area contributed by atoms with Gasteiger partial charge >= 0.3 is 0 Å². The van der Waals surface area contributed by atoms with E-state index in [0.717, 1.165) is 11.8 Å². The van der Waals surface area contributed by atoms with Gasteiger partial charge in [0.05, 0.1) is 5.60 Å². The van der Waals surface area contributed by atoms with Crippen molar-refractivity contribution in [3.05, 3.63) is 0 Å². The Kier molecular flexibility index (Phi) is 6.50. The van der Waals surface area contributed by atoms with Crippen LogP contribution >= 0.6 is 0 Å². The summed E-state index contributed by atoms with van der Waals surface area (Å²) >= 11 is 0. The van der Waals surface area contributed by atoms with E-state index in [9.17, 15) is 0 Å². The van der Waals surface area contributed by atoms with Crippen LogP contribution in [0.25, 0.3) is 0 Å². The van der Waals surface area contributed by atoms with E-state index in [1.165, 1.54) is 51.5 Å². The molecule has 0 heterocycles. The molecular weight excluding hydrogens is 210 g/mol. The van der Waals surface area contributed by atoms with Crippen LogP contribution in [0.15, 0.2) is 0 Å². The van der Waals surface area contributed by atoms with Gasteiger partial charge in [0.25, 0.3) is 0 Å². The summed E-state index contributed by atoms with van der Waals surface area (Å²) in [6, 6.07) is 0. The molecule has 0 bridgehead atoms. The van der Waals surface area contributed by atoms with Crippen molar-refractivity contribution in [3.8, 4) is 0 Å². The van der Waals surface area contributed by atoms with Gasteiger partial charge < -0.3 is 10.1 Å². The Morgan fingerprint density at radius 2 is 1.76 bits per heavy atom. The SMILES string of the molecule is CNCC1CCCCCC1CCC(C)(C)OC. The van der Waals surface area contributed by atoms with Crippen LogP contribution in [-0.2, 0) is 4.74 Å². The highest BCUT2D eigenvalue weighted by atomic mass is 16.5. The van der Waals surface area contributed by atoms with Crippen LogP contribution in [0.3, 0.4) is 0 Å². The van der Waals surface area contributed by atoms with Gasteiger partial charge in [-0.25, -0.2) is 0 Å². The van der Waals surface area contributed by atoms with E-state index in [0.29, 0.717) is 0 Å². The zero-order valence-corrected chi connectivity index (χ0v) is 12.2. The Bertz CT molecular complexity index is 203. The lowest BCUT2D eigenvalue weighted by atomic mass is 9.82. The van der Waals surface area contributed by atoms with Crippen molar-refractivity contribution in [1.29, 1.82) is 0 Å². The van der Waals surface area contributed by atoms with Crippen molar-refractivity contribution < 1.29 is 4.74 Å². The Morgan fingerprint density at radius 3 is 2.35 bits per heavy atom. The molecule has 1 N–H and O–H groups in total. The van der Waals surface area contributed by atoms with E-state index in [-0.39, 0.29) is 5.60 Å². The molecule has 1 rings (SSSR count). The van der Waals surface area contributed by atoms with Crippen molar-refractivity contribution in [3.63, 3.8) is 0 Å². The molecule has 0 spiro atoms. The van der Waals surface area contributed by atoms with Crippen molar-refractivity contribution in [2.75, 3.05) is 20.7 Å². The fourth-order valence-corrected chi connectivity index (χ4v) is 3.01. The van der Waals surface area contributed by atoms with Crippen LogP contribution in [0.1, 0.15) is 58.8 Å². The second-order valence-electron chi connectivity index (χ2n) is 6.22. The zero-order chi connectivity index (χ0) is 12.7. The summed E-state index contributed by atoms with van der Waals surface area (Å²) in [6.07, 6.45) is 9.64. The molecule has 0 saturated heterocycles. The fourth-order valence-electron chi connectivity index (χ4n) is 3.01. The Morgan fingerprint density at radius 1 is 1.12 bits per heavy atom. The first kappa shape index (κ1) is 15.0. The molecule has 0 radical (unpaired) electrons. The highest BCUT2D eigenvalue weighted by Crippen LogP contribution is 2.33. The molecular formula is C15H31NO. The molecule has 1 aliphatic rings. The highest BCUT2D eigenvalue weighted by molar-refractivity contribution is 4.78. The van der Waals surface area contributed by atoms with E-state index in [1.54, 1.807) is 0 Å². The summed E-state index contributed by atoms with van der Waals surface area (Å²) in [5, 5.41) is 3.38. The lowest BCUT2D eigenvalue weighted by molar-refractivity contribution is 0.00783. The first-order valence-corrected chi connectivity index (χ1v) is 7.29. The molecule has 2 nitrogen and oxygen atoms in total. The second kappa shape index (κ2) is 7.38. The number of rotatable bonds is 6. The summed E-state index contributed by atoms with van der Waals surface area (Å²) in [4.78, 5) is 0. The maximum absolute atomic E-state index is 5.54. The van der Waals surface area contributed by atoms with E-state index in [4.69, 9.17) is 4.74 Å². The maximum Gasteiger partial charge on any atom is 0.0622 e. The molecule has 0 aliphatic heterocycles. The molecule has 102 valence electrons. The monoisotopic (exact) mass is 241 g/mol. The number of nitrogens with one attached hydrogen (secondary N) is 1. The first-order chi connectivity index (χ1) is 8.09. The molecule has 2 unspecified atom stereocenters. The van der Waals surface area contributed by atoms with E-state index >= 15 is 0 Å². The molecule has 0 aromatic heterocycles. The zero-order valence-electron chi connectivity index (χ0n) is 12.2. The molecule has 1 fully saturated rings. The van der Waals surface area contributed by atoms with Gasteiger partial charge in [-0.05, 0) is 58.5 Å². The minimum atomic E-state index is 0.0521. The minimum Gasteiger partial charge on any atom is -0.379 e. The highest BCUT2D eigenvalue weighted by Gasteiger charge is 2.26. The largest absolute Gasteiger partial charge is 0.379 e. The summed E-state index contributed by atoms with van der Waals surface area (Å²) in [5.74, 6) is 1.79. The van der Waals surface area contributed by atoms with Crippen LogP contribution in [0.5, 0.6) is 0 Å². The molecule has 0 amide bonds. The summed E-state index contributed by atoms with van der Waals surface area (Å²) in [7, 11) is 3.92. The number of methoxy groups -OCH3 is 1. The van der Waals surface area contributed by atoms with Crippen LogP contribution in [-0.4, -0.2) is 26.3 Å². The standard InChI is InChI=1S/C15H31NO/c1-15(2,17-4)11-10-13-8-6-5-7-9-14(13)12-16-3/h13-14,16H,5-12H2,1-4H3. The van der Waals surface area contributed by atoms with E-state index in [2.05, 4.69) is 26.2 Å². The number of ether oxygens (including phenoxy) is 1. The predicted octanol–water partition coefficient (Wildman–Crippen LogP) is 3.61. The van der Waals surface area contributed by atoms with E-state index < -0.39 is 0 Å². The quantitative estimate of drug-likeness (QED) is 0.717.